The molecule has 0 atom stereocenters. The van der Waals surface area contributed by atoms with Crippen molar-refractivity contribution in [3.05, 3.63) is 59.0 Å². The van der Waals surface area contributed by atoms with Gasteiger partial charge in [-0.1, -0.05) is 55.1 Å². The lowest BCUT2D eigenvalue weighted by atomic mass is 10.0. The molecule has 3 heterocycles. The van der Waals surface area contributed by atoms with Crippen LogP contribution in [-0.2, 0) is 16.0 Å². The first-order valence-corrected chi connectivity index (χ1v) is 13.4. The number of carbonyl (C=O) groups is 2. The van der Waals surface area contributed by atoms with Gasteiger partial charge in [-0.3, -0.25) is 9.59 Å². The Bertz CT molecular complexity index is 1390. The highest BCUT2D eigenvalue weighted by atomic mass is 32.2. The minimum absolute atomic E-state index is 0.0624. The molecule has 2 aromatic carbocycles. The van der Waals surface area contributed by atoms with Gasteiger partial charge in [-0.2, -0.15) is 0 Å². The van der Waals surface area contributed by atoms with Crippen LogP contribution in [-0.4, -0.2) is 65.8 Å². The third kappa shape index (κ3) is 4.83. The van der Waals surface area contributed by atoms with Crippen LogP contribution in [0.5, 0.6) is 0 Å². The monoisotopic (exact) mass is 506 g/mol. The highest BCUT2D eigenvalue weighted by Gasteiger charge is 2.26. The van der Waals surface area contributed by atoms with Crippen molar-refractivity contribution in [1.82, 2.24) is 14.9 Å². The van der Waals surface area contributed by atoms with Crippen LogP contribution in [0.25, 0.3) is 21.0 Å². The maximum Gasteiger partial charge on any atom is 0.316 e. The minimum Gasteiger partial charge on any atom is -0.468 e. The molecule has 1 aliphatic heterocycles. The number of carbonyl (C=O) groups excluding carboxylic acids is 2. The van der Waals surface area contributed by atoms with E-state index >= 15 is 0 Å². The maximum atomic E-state index is 13.4. The molecule has 0 radical (unpaired) electrons. The number of fused-ring (bicyclic) bond motifs is 2. The number of thioether (sulfide) groups is 1. The lowest BCUT2D eigenvalue weighted by Gasteiger charge is -2.36. The van der Waals surface area contributed by atoms with Gasteiger partial charge in [0.2, 0.25) is 0 Å². The van der Waals surface area contributed by atoms with E-state index in [1.165, 1.54) is 23.7 Å². The van der Waals surface area contributed by atoms with Gasteiger partial charge in [0.15, 0.2) is 5.16 Å². The fourth-order valence-corrected chi connectivity index (χ4v) is 5.99. The second-order valence-electron chi connectivity index (χ2n) is 8.29. The summed E-state index contributed by atoms with van der Waals surface area (Å²) in [7, 11) is 1.38. The molecule has 0 unspecified atom stereocenters. The number of rotatable bonds is 6. The SMILES string of the molecule is CCc1cc2c(N3CCN(C(=O)c4cccc5ccccc45)CC3)nc(SCC(=O)OC)nc2s1. The number of esters is 1. The first-order chi connectivity index (χ1) is 17.1. The normalized spacial score (nSPS) is 14.0. The average molecular weight is 507 g/mol. The number of aromatic nitrogens is 2. The summed E-state index contributed by atoms with van der Waals surface area (Å²) in [5, 5.41) is 3.65. The number of aryl methyl sites for hydroxylation is 1. The Morgan fingerprint density at radius 3 is 2.57 bits per heavy atom. The van der Waals surface area contributed by atoms with Crippen molar-refractivity contribution in [2.45, 2.75) is 18.5 Å². The van der Waals surface area contributed by atoms with Gasteiger partial charge >= 0.3 is 5.97 Å². The summed E-state index contributed by atoms with van der Waals surface area (Å²) in [6, 6.07) is 16.1. The maximum absolute atomic E-state index is 13.4. The number of piperazine rings is 1. The molecule has 180 valence electrons. The number of hydrogen-bond donors (Lipinski definition) is 0. The Labute approximate surface area is 212 Å². The topological polar surface area (TPSA) is 75.6 Å². The largest absolute Gasteiger partial charge is 0.468 e. The van der Waals surface area contributed by atoms with E-state index < -0.39 is 0 Å². The van der Waals surface area contributed by atoms with E-state index in [0.29, 0.717) is 31.3 Å². The summed E-state index contributed by atoms with van der Waals surface area (Å²) in [5.41, 5.74) is 0.743. The number of benzene rings is 2. The molecule has 35 heavy (non-hydrogen) atoms. The zero-order valence-electron chi connectivity index (χ0n) is 19.7. The van der Waals surface area contributed by atoms with E-state index in [9.17, 15) is 9.59 Å². The van der Waals surface area contributed by atoms with E-state index in [1.807, 2.05) is 47.4 Å². The zero-order valence-corrected chi connectivity index (χ0v) is 21.3. The number of thiophene rings is 1. The summed E-state index contributed by atoms with van der Waals surface area (Å²) in [4.78, 5) is 40.9. The van der Waals surface area contributed by atoms with Crippen LogP contribution in [0.4, 0.5) is 5.82 Å². The molecule has 0 saturated carbocycles. The first-order valence-electron chi connectivity index (χ1n) is 11.6. The number of hydrogen-bond acceptors (Lipinski definition) is 8. The molecule has 7 nitrogen and oxygen atoms in total. The molecule has 0 bridgehead atoms. The quantitative estimate of drug-likeness (QED) is 0.214. The van der Waals surface area contributed by atoms with E-state index in [0.717, 1.165) is 38.8 Å². The first kappa shape index (κ1) is 23.6. The second-order valence-corrected chi connectivity index (χ2v) is 10.3. The van der Waals surface area contributed by atoms with Crippen molar-refractivity contribution in [2.24, 2.45) is 0 Å². The molecule has 1 amide bonds. The number of methoxy groups -OCH3 is 1. The number of ether oxygens (including phenoxy) is 1. The fraction of sp³-hybridized carbons (Fsp3) is 0.308. The van der Waals surface area contributed by atoms with Crippen LogP contribution in [0.2, 0.25) is 0 Å². The molecule has 0 spiro atoms. The molecule has 9 heteroatoms. The standard InChI is InChI=1S/C26H26N4O3S2/c1-3-18-15-21-23(27-26(28-24(21)35-18)34-16-22(31)33-2)29-11-13-30(14-12-29)25(32)20-10-6-8-17-7-4-5-9-19(17)20/h4-10,15H,3,11-14,16H2,1-2H3. The molecule has 1 aliphatic rings. The Morgan fingerprint density at radius 1 is 1.03 bits per heavy atom. The summed E-state index contributed by atoms with van der Waals surface area (Å²) < 4.78 is 4.76. The van der Waals surface area contributed by atoms with Crippen molar-refractivity contribution in [3.8, 4) is 0 Å². The predicted molar refractivity (Wildman–Crippen MR) is 142 cm³/mol. The summed E-state index contributed by atoms with van der Waals surface area (Å²) in [6.07, 6.45) is 0.929. The number of amides is 1. The summed E-state index contributed by atoms with van der Waals surface area (Å²) in [6.45, 7) is 4.72. The lowest BCUT2D eigenvalue weighted by molar-refractivity contribution is -0.137. The van der Waals surface area contributed by atoms with Crippen molar-refractivity contribution in [1.29, 1.82) is 0 Å². The van der Waals surface area contributed by atoms with Gasteiger partial charge in [0, 0.05) is 36.6 Å². The summed E-state index contributed by atoms with van der Waals surface area (Å²) in [5.74, 6) is 0.796. The fourth-order valence-electron chi connectivity index (χ4n) is 4.30. The molecule has 4 aromatic rings. The molecular weight excluding hydrogens is 480 g/mol. The molecule has 2 aromatic heterocycles. The van der Waals surface area contributed by atoms with Gasteiger partial charge in [-0.25, -0.2) is 9.97 Å². The third-order valence-electron chi connectivity index (χ3n) is 6.18. The van der Waals surface area contributed by atoms with Gasteiger partial charge in [0.05, 0.1) is 18.2 Å². The second kappa shape index (κ2) is 10.2. The van der Waals surface area contributed by atoms with Gasteiger partial charge in [0.1, 0.15) is 10.6 Å². The minimum atomic E-state index is -0.304. The van der Waals surface area contributed by atoms with Crippen LogP contribution >= 0.6 is 23.1 Å². The Kier molecular flexibility index (Phi) is 6.88. The van der Waals surface area contributed by atoms with Crippen LogP contribution in [0.3, 0.4) is 0 Å². The average Bonchev–Trinajstić information content (AvgIpc) is 3.34. The summed E-state index contributed by atoms with van der Waals surface area (Å²) >= 11 is 2.95. The highest BCUT2D eigenvalue weighted by molar-refractivity contribution is 7.99. The third-order valence-corrected chi connectivity index (χ3v) is 8.18. The predicted octanol–water partition coefficient (Wildman–Crippen LogP) is 4.63. The van der Waals surface area contributed by atoms with E-state index in [2.05, 4.69) is 22.9 Å². The molecule has 5 rings (SSSR count). The molecule has 1 fully saturated rings. The van der Waals surface area contributed by atoms with Gasteiger partial charge in [-0.05, 0) is 29.3 Å². The Hall–Kier alpha value is -3.17. The van der Waals surface area contributed by atoms with Gasteiger partial charge in [0.25, 0.3) is 5.91 Å². The van der Waals surface area contributed by atoms with Crippen molar-refractivity contribution >= 4 is 61.8 Å². The Balaban J connectivity index is 1.37. The van der Waals surface area contributed by atoms with Crippen LogP contribution < -0.4 is 4.90 Å². The molecule has 1 saturated heterocycles. The van der Waals surface area contributed by atoms with Crippen molar-refractivity contribution in [3.63, 3.8) is 0 Å². The van der Waals surface area contributed by atoms with E-state index in [1.54, 1.807) is 11.3 Å². The van der Waals surface area contributed by atoms with E-state index in [4.69, 9.17) is 9.72 Å². The van der Waals surface area contributed by atoms with Gasteiger partial charge in [-0.15, -0.1) is 11.3 Å². The van der Waals surface area contributed by atoms with Gasteiger partial charge < -0.3 is 14.5 Å². The van der Waals surface area contributed by atoms with Crippen LogP contribution in [0.15, 0.2) is 53.7 Å². The van der Waals surface area contributed by atoms with E-state index in [-0.39, 0.29) is 17.6 Å². The number of anilines is 1. The van der Waals surface area contributed by atoms with Crippen molar-refractivity contribution in [2.75, 3.05) is 43.9 Å². The smallest absolute Gasteiger partial charge is 0.316 e. The molecular formula is C26H26N4O3S2. The Morgan fingerprint density at radius 2 is 1.80 bits per heavy atom. The van der Waals surface area contributed by atoms with Crippen molar-refractivity contribution < 1.29 is 14.3 Å². The van der Waals surface area contributed by atoms with Crippen LogP contribution in [0, 0.1) is 0 Å². The molecule has 0 N–H and O–H groups in total. The van der Waals surface area contributed by atoms with Crippen LogP contribution in [0.1, 0.15) is 22.2 Å². The number of nitrogens with zero attached hydrogens (tertiary/aromatic N) is 4. The highest BCUT2D eigenvalue weighted by Crippen LogP contribution is 2.34. The zero-order chi connectivity index (χ0) is 24.4. The molecule has 0 aliphatic carbocycles. The lowest BCUT2D eigenvalue weighted by Crippen LogP contribution is -2.49.